The summed E-state index contributed by atoms with van der Waals surface area (Å²) in [4.78, 5) is 59.4. The predicted octanol–water partition coefficient (Wildman–Crippen LogP) is 7.42. The second-order valence-corrected chi connectivity index (χ2v) is 13.2. The number of hydrogen-bond donors (Lipinski definition) is 0. The van der Waals surface area contributed by atoms with Gasteiger partial charge in [-0.05, 0) is 59.4 Å². The van der Waals surface area contributed by atoms with Gasteiger partial charge in [-0.2, -0.15) is 0 Å². The lowest BCUT2D eigenvalue weighted by Crippen LogP contribution is -2.45. The Kier molecular flexibility index (Phi) is 6.90. The number of benzene rings is 5. The molecule has 5 aromatic rings. The summed E-state index contributed by atoms with van der Waals surface area (Å²) in [5.74, 6) is -3.48. The number of carbonyl (C=O) groups excluding carboxylic acids is 4. The van der Waals surface area contributed by atoms with Gasteiger partial charge in [0, 0.05) is 13.0 Å². The highest BCUT2D eigenvalue weighted by molar-refractivity contribution is 6.39. The summed E-state index contributed by atoms with van der Waals surface area (Å²) in [7, 11) is 0. The summed E-state index contributed by atoms with van der Waals surface area (Å²) in [6.07, 6.45) is 0. The van der Waals surface area contributed by atoms with Crippen LogP contribution < -0.4 is 9.64 Å². The van der Waals surface area contributed by atoms with Gasteiger partial charge in [0.15, 0.2) is 5.78 Å². The van der Waals surface area contributed by atoms with Crippen molar-refractivity contribution in [3.8, 4) is 5.75 Å². The molecule has 6 nitrogen and oxygen atoms in total. The zero-order valence-electron chi connectivity index (χ0n) is 27.3. The molecule has 5 aromatic carbocycles. The van der Waals surface area contributed by atoms with Crippen LogP contribution in [0.4, 0.5) is 5.69 Å². The fourth-order valence-electron chi connectivity index (χ4n) is 8.67. The molecule has 1 saturated heterocycles. The van der Waals surface area contributed by atoms with Crippen LogP contribution >= 0.6 is 0 Å². The number of fused-ring (bicyclic) bond motifs is 5. The molecule has 4 atom stereocenters. The summed E-state index contributed by atoms with van der Waals surface area (Å²) in [5, 5.41) is 0. The van der Waals surface area contributed by atoms with Gasteiger partial charge in [-0.3, -0.25) is 19.2 Å². The first-order valence-electron chi connectivity index (χ1n) is 16.4. The number of allylic oxidation sites excluding steroid dienone is 2. The summed E-state index contributed by atoms with van der Waals surface area (Å²) in [6.45, 7) is 5.32. The van der Waals surface area contributed by atoms with E-state index in [0.29, 0.717) is 11.1 Å². The number of ether oxygens (including phenoxy) is 1. The van der Waals surface area contributed by atoms with Crippen LogP contribution in [0.3, 0.4) is 0 Å². The molecule has 1 heterocycles. The molecule has 0 N–H and O–H groups in total. The quantitative estimate of drug-likeness (QED) is 0.109. The van der Waals surface area contributed by atoms with Crippen molar-refractivity contribution in [3.05, 3.63) is 167 Å². The number of aryl methyl sites for hydroxylation is 2. The summed E-state index contributed by atoms with van der Waals surface area (Å²) in [5.41, 5.74) is 3.90. The number of ketones is 1. The van der Waals surface area contributed by atoms with E-state index >= 15 is 14.4 Å². The maximum absolute atomic E-state index is 16.0. The van der Waals surface area contributed by atoms with Crippen molar-refractivity contribution >= 4 is 40.4 Å². The number of amides is 2. The molecule has 6 heteroatoms. The number of Topliss-reactive ketones (excluding diaryl/α,β-unsaturated/α-hetero) is 1. The van der Waals surface area contributed by atoms with Crippen LogP contribution in [0.15, 0.2) is 133 Å². The molecule has 1 saturated carbocycles. The van der Waals surface area contributed by atoms with Gasteiger partial charge in [-0.25, -0.2) is 4.90 Å². The van der Waals surface area contributed by atoms with Gasteiger partial charge in [0.1, 0.15) is 5.75 Å². The van der Waals surface area contributed by atoms with Crippen molar-refractivity contribution in [2.24, 2.45) is 11.8 Å². The van der Waals surface area contributed by atoms with Crippen LogP contribution in [-0.4, -0.2) is 23.6 Å². The average Bonchev–Trinajstić information content (AvgIpc) is 3.61. The second kappa shape index (κ2) is 11.1. The Hall–Kier alpha value is -5.88. The molecule has 3 aliphatic rings. The van der Waals surface area contributed by atoms with Gasteiger partial charge in [0.25, 0.3) is 0 Å². The summed E-state index contributed by atoms with van der Waals surface area (Å²) < 4.78 is 5.35. The van der Waals surface area contributed by atoms with Gasteiger partial charge >= 0.3 is 5.97 Å². The molecule has 0 unspecified atom stereocenters. The maximum atomic E-state index is 16.0. The minimum atomic E-state index is -1.49. The fourth-order valence-corrected chi connectivity index (χ4v) is 8.67. The minimum Gasteiger partial charge on any atom is -0.427 e. The first-order chi connectivity index (χ1) is 23.7. The number of hydrogen-bond acceptors (Lipinski definition) is 5. The van der Waals surface area contributed by atoms with E-state index in [1.807, 2.05) is 123 Å². The predicted molar refractivity (Wildman–Crippen MR) is 188 cm³/mol. The van der Waals surface area contributed by atoms with Crippen molar-refractivity contribution in [1.82, 2.24) is 0 Å². The van der Waals surface area contributed by atoms with E-state index in [4.69, 9.17) is 4.74 Å². The van der Waals surface area contributed by atoms with E-state index in [1.165, 1.54) is 17.9 Å². The molecule has 240 valence electrons. The van der Waals surface area contributed by atoms with Crippen LogP contribution in [0.25, 0.3) is 11.1 Å². The number of esters is 1. The molecule has 2 bridgehead atoms. The van der Waals surface area contributed by atoms with Gasteiger partial charge < -0.3 is 4.74 Å². The van der Waals surface area contributed by atoms with E-state index in [2.05, 4.69) is 0 Å². The SMILES string of the molecule is CC(=O)Oc1cccc(N2C(=O)[C@@H]3[C@H](C2=O)[C@@]2(c4ccccc4)C(=O)[C@@]3(c3ccccc3)C(c3ccc(C)cc3)=C2c2ccc(C)cc2)c1. The number of rotatable bonds is 6. The van der Waals surface area contributed by atoms with E-state index in [0.717, 1.165) is 33.4 Å². The van der Waals surface area contributed by atoms with Gasteiger partial charge in [0.05, 0.1) is 28.4 Å². The molecule has 49 heavy (non-hydrogen) atoms. The average molecular weight is 644 g/mol. The molecule has 0 aromatic heterocycles. The Morgan fingerprint density at radius 3 is 1.47 bits per heavy atom. The van der Waals surface area contributed by atoms with Gasteiger partial charge in [0.2, 0.25) is 11.8 Å². The largest absolute Gasteiger partial charge is 0.427 e. The number of nitrogens with zero attached hydrogens (tertiary/aromatic N) is 1. The third kappa shape index (κ3) is 4.13. The fraction of sp³-hybridized carbons (Fsp3) is 0.163. The molecular weight excluding hydrogens is 610 g/mol. The number of anilines is 1. The van der Waals surface area contributed by atoms with Crippen molar-refractivity contribution < 1.29 is 23.9 Å². The number of imide groups is 1. The van der Waals surface area contributed by atoms with Crippen molar-refractivity contribution in [3.63, 3.8) is 0 Å². The monoisotopic (exact) mass is 643 g/mol. The van der Waals surface area contributed by atoms with E-state index in [9.17, 15) is 4.79 Å². The Morgan fingerprint density at radius 2 is 1.04 bits per heavy atom. The third-order valence-electron chi connectivity index (χ3n) is 10.5. The highest BCUT2D eigenvalue weighted by Gasteiger charge is 2.82. The van der Waals surface area contributed by atoms with Crippen LogP contribution in [0, 0.1) is 25.7 Å². The Labute approximate surface area is 284 Å². The molecule has 0 radical (unpaired) electrons. The number of carbonyl (C=O) groups is 4. The Bertz CT molecular complexity index is 2080. The Balaban J connectivity index is 1.51. The normalized spacial score (nSPS) is 24.1. The van der Waals surface area contributed by atoms with Crippen LogP contribution in [0.2, 0.25) is 0 Å². The smallest absolute Gasteiger partial charge is 0.308 e. The minimum absolute atomic E-state index is 0.173. The Morgan fingerprint density at radius 1 is 0.592 bits per heavy atom. The maximum Gasteiger partial charge on any atom is 0.308 e. The molecule has 2 amide bonds. The first-order valence-corrected chi connectivity index (χ1v) is 16.4. The van der Waals surface area contributed by atoms with Crippen molar-refractivity contribution in [2.75, 3.05) is 4.90 Å². The summed E-state index contributed by atoms with van der Waals surface area (Å²) in [6, 6.07) is 41.5. The highest BCUT2D eigenvalue weighted by atomic mass is 16.5. The lowest BCUT2D eigenvalue weighted by Gasteiger charge is -2.39. The topological polar surface area (TPSA) is 80.8 Å². The second-order valence-electron chi connectivity index (χ2n) is 13.2. The standard InChI is InChI=1S/C43H33NO5/c1-26-17-21-29(22-18-26)35-36(30-23-19-27(2)20-24-30)43(32-13-8-5-9-14-32)38-37(42(35,41(43)48)31-11-6-4-7-12-31)39(46)44(40(38)47)33-15-10-16-34(25-33)49-28(3)45/h4-25,37-38H,1-3H3/t37-,38+,42-,43-/m0/s1. The molecular formula is C43H33NO5. The van der Waals surface area contributed by atoms with E-state index < -0.39 is 40.4 Å². The molecule has 2 aliphatic carbocycles. The van der Waals surface area contributed by atoms with Crippen LogP contribution in [0.1, 0.15) is 40.3 Å². The van der Waals surface area contributed by atoms with Crippen molar-refractivity contribution in [1.29, 1.82) is 0 Å². The van der Waals surface area contributed by atoms with E-state index in [1.54, 1.807) is 18.2 Å². The summed E-state index contributed by atoms with van der Waals surface area (Å²) >= 11 is 0. The zero-order valence-corrected chi connectivity index (χ0v) is 27.3. The third-order valence-corrected chi connectivity index (χ3v) is 10.5. The van der Waals surface area contributed by atoms with E-state index in [-0.39, 0.29) is 17.2 Å². The van der Waals surface area contributed by atoms with Crippen LogP contribution in [-0.2, 0) is 30.0 Å². The first kappa shape index (κ1) is 30.5. The zero-order chi connectivity index (χ0) is 34.1. The highest BCUT2D eigenvalue weighted by Crippen LogP contribution is 2.74. The molecule has 2 fully saturated rings. The molecule has 1 aliphatic heterocycles. The van der Waals surface area contributed by atoms with Crippen molar-refractivity contribution in [2.45, 2.75) is 31.6 Å². The van der Waals surface area contributed by atoms with Gasteiger partial charge in [-0.1, -0.05) is 126 Å². The molecule has 0 spiro atoms. The molecule has 8 rings (SSSR count). The van der Waals surface area contributed by atoms with Crippen LogP contribution in [0.5, 0.6) is 5.75 Å². The lowest BCUT2D eigenvalue weighted by molar-refractivity contribution is -0.132. The van der Waals surface area contributed by atoms with Gasteiger partial charge in [-0.15, -0.1) is 0 Å². The lowest BCUT2D eigenvalue weighted by atomic mass is 9.59.